The van der Waals surface area contributed by atoms with E-state index in [0.29, 0.717) is 12.0 Å². The first kappa shape index (κ1) is 14.9. The molecule has 3 rings (SSSR count). The SMILES string of the molecule is CC(C)(C1C(=O)C2=C(CCC=C2)C1=O)C(C)(C)n1ccnc1. The summed E-state index contributed by atoms with van der Waals surface area (Å²) in [4.78, 5) is 29.8. The van der Waals surface area contributed by atoms with Crippen LogP contribution in [0.1, 0.15) is 40.5 Å². The zero-order valence-corrected chi connectivity index (χ0v) is 13.6. The van der Waals surface area contributed by atoms with Crippen LogP contribution in [-0.2, 0) is 15.1 Å². The monoisotopic (exact) mass is 298 g/mol. The van der Waals surface area contributed by atoms with E-state index in [9.17, 15) is 9.59 Å². The van der Waals surface area contributed by atoms with Crippen molar-refractivity contribution in [3.63, 3.8) is 0 Å². The van der Waals surface area contributed by atoms with Crippen molar-refractivity contribution in [2.75, 3.05) is 0 Å². The molecule has 22 heavy (non-hydrogen) atoms. The van der Waals surface area contributed by atoms with Crippen molar-refractivity contribution < 1.29 is 9.59 Å². The maximum Gasteiger partial charge on any atom is 0.174 e. The second kappa shape index (κ2) is 4.77. The van der Waals surface area contributed by atoms with E-state index in [1.807, 2.05) is 36.8 Å². The predicted molar refractivity (Wildman–Crippen MR) is 84.2 cm³/mol. The standard InChI is InChI=1S/C18H22N2O2/c1-17(2,18(3,4)20-10-9-19-11-20)14-15(21)12-7-5-6-8-13(12)16(14)22/h5,7,9-11,14H,6,8H2,1-4H3. The first-order chi connectivity index (χ1) is 10.3. The molecule has 4 heteroatoms. The Bertz CT molecular complexity index is 691. The van der Waals surface area contributed by atoms with Crippen LogP contribution < -0.4 is 0 Å². The van der Waals surface area contributed by atoms with Crippen LogP contribution in [0.3, 0.4) is 0 Å². The number of rotatable bonds is 3. The molecular formula is C18H22N2O2. The first-order valence-corrected chi connectivity index (χ1v) is 7.75. The molecule has 2 aliphatic rings. The quantitative estimate of drug-likeness (QED) is 0.806. The van der Waals surface area contributed by atoms with E-state index in [1.54, 1.807) is 12.5 Å². The third-order valence-electron chi connectivity index (χ3n) is 5.71. The summed E-state index contributed by atoms with van der Waals surface area (Å²) in [6.07, 6.45) is 10.7. The lowest BCUT2D eigenvalue weighted by molar-refractivity contribution is -0.134. The third-order valence-corrected chi connectivity index (χ3v) is 5.71. The fourth-order valence-corrected chi connectivity index (χ4v) is 3.53. The molecule has 1 atom stereocenters. The Labute approximate surface area is 130 Å². The minimum Gasteiger partial charge on any atom is -0.331 e. The fourth-order valence-electron chi connectivity index (χ4n) is 3.53. The predicted octanol–water partition coefficient (Wildman–Crippen LogP) is 3.06. The topological polar surface area (TPSA) is 52.0 Å². The molecule has 0 amide bonds. The number of hydrogen-bond donors (Lipinski definition) is 0. The Kier molecular flexibility index (Phi) is 3.24. The highest BCUT2D eigenvalue weighted by atomic mass is 16.2. The largest absolute Gasteiger partial charge is 0.331 e. The van der Waals surface area contributed by atoms with Crippen LogP contribution >= 0.6 is 0 Å². The van der Waals surface area contributed by atoms with Crippen LogP contribution in [0.25, 0.3) is 0 Å². The Hall–Kier alpha value is -1.97. The fraction of sp³-hybridized carbons (Fsp3) is 0.500. The van der Waals surface area contributed by atoms with Crippen molar-refractivity contribution in [3.05, 3.63) is 42.0 Å². The van der Waals surface area contributed by atoms with Crippen molar-refractivity contribution in [1.82, 2.24) is 9.55 Å². The number of carbonyl (C=O) groups excluding carboxylic acids is 2. The molecule has 1 aromatic rings. The maximum absolute atomic E-state index is 12.9. The number of allylic oxidation sites excluding steroid dienone is 4. The van der Waals surface area contributed by atoms with Gasteiger partial charge in [0.1, 0.15) is 0 Å². The van der Waals surface area contributed by atoms with Gasteiger partial charge in [0.2, 0.25) is 0 Å². The minimum absolute atomic E-state index is 0.0162. The number of carbonyl (C=O) groups is 2. The molecule has 0 radical (unpaired) electrons. The summed E-state index contributed by atoms with van der Waals surface area (Å²) >= 11 is 0. The van der Waals surface area contributed by atoms with E-state index < -0.39 is 16.9 Å². The molecule has 0 saturated heterocycles. The molecule has 116 valence electrons. The lowest BCUT2D eigenvalue weighted by Crippen LogP contribution is -2.50. The number of imidazole rings is 1. The van der Waals surface area contributed by atoms with E-state index in [2.05, 4.69) is 18.8 Å². The zero-order chi connectivity index (χ0) is 16.1. The number of ketones is 2. The summed E-state index contributed by atoms with van der Waals surface area (Å²) in [7, 11) is 0. The second-order valence-electron chi connectivity index (χ2n) is 7.25. The van der Waals surface area contributed by atoms with Gasteiger partial charge in [0.05, 0.1) is 12.2 Å². The molecule has 0 spiro atoms. The number of nitrogens with zero attached hydrogens (tertiary/aromatic N) is 2. The van der Waals surface area contributed by atoms with Gasteiger partial charge in [-0.2, -0.15) is 0 Å². The van der Waals surface area contributed by atoms with E-state index >= 15 is 0 Å². The van der Waals surface area contributed by atoms with Crippen LogP contribution in [0, 0.1) is 11.3 Å². The Morgan fingerprint density at radius 2 is 1.91 bits per heavy atom. The van der Waals surface area contributed by atoms with Gasteiger partial charge in [-0.3, -0.25) is 9.59 Å². The minimum atomic E-state index is -0.613. The van der Waals surface area contributed by atoms with Gasteiger partial charge in [0.15, 0.2) is 11.6 Å². The Morgan fingerprint density at radius 3 is 2.50 bits per heavy atom. The Morgan fingerprint density at radius 1 is 1.18 bits per heavy atom. The lowest BCUT2D eigenvalue weighted by atomic mass is 9.63. The maximum atomic E-state index is 12.9. The summed E-state index contributed by atoms with van der Waals surface area (Å²) in [6, 6.07) is 0. The van der Waals surface area contributed by atoms with E-state index in [0.717, 1.165) is 12.0 Å². The average molecular weight is 298 g/mol. The molecule has 1 unspecified atom stereocenters. The third kappa shape index (κ3) is 1.86. The van der Waals surface area contributed by atoms with Crippen molar-refractivity contribution in [1.29, 1.82) is 0 Å². The summed E-state index contributed by atoms with van der Waals surface area (Å²) in [6.45, 7) is 8.13. The molecule has 2 aliphatic carbocycles. The zero-order valence-electron chi connectivity index (χ0n) is 13.6. The Balaban J connectivity index is 2.02. The second-order valence-corrected chi connectivity index (χ2v) is 7.25. The highest BCUT2D eigenvalue weighted by molar-refractivity contribution is 6.26. The molecule has 0 N–H and O–H groups in total. The van der Waals surface area contributed by atoms with Crippen molar-refractivity contribution in [3.8, 4) is 0 Å². The van der Waals surface area contributed by atoms with E-state index in [-0.39, 0.29) is 11.6 Å². The van der Waals surface area contributed by atoms with Crippen LogP contribution in [0.4, 0.5) is 0 Å². The van der Waals surface area contributed by atoms with Crippen molar-refractivity contribution >= 4 is 11.6 Å². The van der Waals surface area contributed by atoms with Crippen molar-refractivity contribution in [2.45, 2.75) is 46.1 Å². The smallest absolute Gasteiger partial charge is 0.174 e. The summed E-state index contributed by atoms with van der Waals surface area (Å²) in [5.41, 5.74) is 0.438. The van der Waals surface area contributed by atoms with Gasteiger partial charge in [-0.1, -0.05) is 26.0 Å². The van der Waals surface area contributed by atoms with Crippen LogP contribution in [0.15, 0.2) is 42.0 Å². The van der Waals surface area contributed by atoms with E-state index in [4.69, 9.17) is 0 Å². The summed E-state index contributed by atoms with van der Waals surface area (Å²) in [5.74, 6) is -0.616. The van der Waals surface area contributed by atoms with Gasteiger partial charge in [0, 0.05) is 34.5 Å². The summed E-state index contributed by atoms with van der Waals surface area (Å²) < 4.78 is 1.99. The number of Topliss-reactive ketones (excluding diaryl/α,β-unsaturated/α-hetero) is 2. The van der Waals surface area contributed by atoms with Gasteiger partial charge in [-0.15, -0.1) is 0 Å². The van der Waals surface area contributed by atoms with Crippen LogP contribution in [0.2, 0.25) is 0 Å². The molecule has 0 aromatic carbocycles. The van der Waals surface area contributed by atoms with Gasteiger partial charge in [-0.05, 0) is 26.7 Å². The molecule has 1 heterocycles. The molecule has 0 aliphatic heterocycles. The highest BCUT2D eigenvalue weighted by Gasteiger charge is 2.54. The average Bonchev–Trinajstić information content (AvgIpc) is 3.08. The molecule has 0 bridgehead atoms. The first-order valence-electron chi connectivity index (χ1n) is 7.75. The van der Waals surface area contributed by atoms with Gasteiger partial charge in [0.25, 0.3) is 0 Å². The number of hydrogen-bond acceptors (Lipinski definition) is 3. The molecule has 0 saturated carbocycles. The summed E-state index contributed by atoms with van der Waals surface area (Å²) in [5, 5.41) is 0. The highest BCUT2D eigenvalue weighted by Crippen LogP contribution is 2.49. The van der Waals surface area contributed by atoms with E-state index in [1.165, 1.54) is 0 Å². The van der Waals surface area contributed by atoms with Gasteiger partial charge >= 0.3 is 0 Å². The molecule has 0 fully saturated rings. The lowest BCUT2D eigenvalue weighted by Gasteiger charge is -2.45. The number of aromatic nitrogens is 2. The normalized spacial score (nSPS) is 22.5. The molecule has 4 nitrogen and oxygen atoms in total. The van der Waals surface area contributed by atoms with Crippen LogP contribution in [-0.4, -0.2) is 21.1 Å². The molecule has 1 aromatic heterocycles. The molecular weight excluding hydrogens is 276 g/mol. The van der Waals surface area contributed by atoms with Gasteiger partial charge in [-0.25, -0.2) is 4.98 Å². The van der Waals surface area contributed by atoms with Gasteiger partial charge < -0.3 is 4.57 Å². The van der Waals surface area contributed by atoms with Crippen LogP contribution in [0.5, 0.6) is 0 Å². The van der Waals surface area contributed by atoms with Crippen molar-refractivity contribution in [2.24, 2.45) is 11.3 Å².